The van der Waals surface area contributed by atoms with Crippen molar-refractivity contribution < 1.29 is 9.59 Å². The molecule has 0 aromatic carbocycles. The Morgan fingerprint density at radius 3 is 2.37 bits per heavy atom. The smallest absolute Gasteiger partial charge is 0.243 e. The highest BCUT2D eigenvalue weighted by molar-refractivity contribution is 5.91. The standard InChI is InChI=1S/C15H26N2O2/c1-11(2)17-13(9-10-14(17)18)15(19)16-12-7-5-3-4-6-8-12/h11-13H,3-10H2,1-2H3,(H,16,19). The molecule has 2 amide bonds. The maximum absolute atomic E-state index is 12.4. The van der Waals surface area contributed by atoms with Gasteiger partial charge in [0.05, 0.1) is 0 Å². The third-order valence-corrected chi connectivity index (χ3v) is 4.32. The van der Waals surface area contributed by atoms with E-state index in [0.29, 0.717) is 18.9 Å². The van der Waals surface area contributed by atoms with E-state index in [0.717, 1.165) is 12.8 Å². The molecule has 0 aromatic heterocycles. The lowest BCUT2D eigenvalue weighted by Crippen LogP contribution is -2.50. The number of hydrogen-bond donors (Lipinski definition) is 1. The van der Waals surface area contributed by atoms with E-state index in [1.807, 2.05) is 13.8 Å². The second-order valence-electron chi connectivity index (χ2n) is 6.15. The van der Waals surface area contributed by atoms with Crippen LogP contribution in [0, 0.1) is 0 Å². The van der Waals surface area contributed by atoms with E-state index < -0.39 is 0 Å². The Balaban J connectivity index is 1.93. The summed E-state index contributed by atoms with van der Waals surface area (Å²) in [7, 11) is 0. The van der Waals surface area contributed by atoms with Crippen LogP contribution in [0.15, 0.2) is 0 Å². The maximum atomic E-state index is 12.4. The lowest BCUT2D eigenvalue weighted by molar-refractivity contribution is -0.137. The van der Waals surface area contributed by atoms with Gasteiger partial charge in [0.25, 0.3) is 0 Å². The average Bonchev–Trinajstić information content (AvgIpc) is 2.58. The van der Waals surface area contributed by atoms with Crippen molar-refractivity contribution in [2.45, 2.75) is 83.3 Å². The molecular weight excluding hydrogens is 240 g/mol. The van der Waals surface area contributed by atoms with Crippen LogP contribution in [0.1, 0.15) is 65.2 Å². The number of carbonyl (C=O) groups excluding carboxylic acids is 2. The number of likely N-dealkylation sites (tertiary alicyclic amines) is 1. The van der Waals surface area contributed by atoms with Crippen molar-refractivity contribution in [2.24, 2.45) is 0 Å². The molecule has 1 saturated heterocycles. The molecule has 4 heteroatoms. The first-order chi connectivity index (χ1) is 9.09. The molecule has 0 spiro atoms. The molecule has 1 unspecified atom stereocenters. The quantitative estimate of drug-likeness (QED) is 0.796. The third kappa shape index (κ3) is 3.48. The zero-order chi connectivity index (χ0) is 13.8. The van der Waals surface area contributed by atoms with Gasteiger partial charge in [0, 0.05) is 18.5 Å². The Labute approximate surface area is 115 Å². The fraction of sp³-hybridized carbons (Fsp3) is 0.867. The van der Waals surface area contributed by atoms with Gasteiger partial charge in [-0.3, -0.25) is 9.59 Å². The van der Waals surface area contributed by atoms with Gasteiger partial charge >= 0.3 is 0 Å². The third-order valence-electron chi connectivity index (χ3n) is 4.32. The van der Waals surface area contributed by atoms with Crippen molar-refractivity contribution in [1.29, 1.82) is 0 Å². The van der Waals surface area contributed by atoms with Gasteiger partial charge in [-0.15, -0.1) is 0 Å². The fourth-order valence-electron chi connectivity index (χ4n) is 3.33. The lowest BCUT2D eigenvalue weighted by Gasteiger charge is -2.29. The molecule has 2 fully saturated rings. The summed E-state index contributed by atoms with van der Waals surface area (Å²) in [6, 6.07) is 0.190. The molecule has 4 nitrogen and oxygen atoms in total. The van der Waals surface area contributed by atoms with Gasteiger partial charge in [0.2, 0.25) is 11.8 Å². The average molecular weight is 266 g/mol. The van der Waals surface area contributed by atoms with Gasteiger partial charge < -0.3 is 10.2 Å². The summed E-state index contributed by atoms with van der Waals surface area (Å²) in [6.45, 7) is 3.96. The van der Waals surface area contributed by atoms with Gasteiger partial charge in [0.15, 0.2) is 0 Å². The molecule has 0 bridgehead atoms. The van der Waals surface area contributed by atoms with Gasteiger partial charge in [0.1, 0.15) is 6.04 Å². The molecule has 0 aromatic rings. The van der Waals surface area contributed by atoms with Crippen LogP contribution in [0.25, 0.3) is 0 Å². The van der Waals surface area contributed by atoms with Crippen molar-refractivity contribution in [1.82, 2.24) is 10.2 Å². The largest absolute Gasteiger partial charge is 0.352 e. The van der Waals surface area contributed by atoms with E-state index in [9.17, 15) is 9.59 Å². The molecular formula is C15H26N2O2. The SMILES string of the molecule is CC(C)N1C(=O)CCC1C(=O)NC1CCCCCC1. The fourth-order valence-corrected chi connectivity index (χ4v) is 3.33. The van der Waals surface area contributed by atoms with E-state index in [1.165, 1.54) is 25.7 Å². The van der Waals surface area contributed by atoms with Crippen LogP contribution < -0.4 is 5.32 Å². The molecule has 1 heterocycles. The van der Waals surface area contributed by atoms with E-state index in [2.05, 4.69) is 5.32 Å². The molecule has 2 aliphatic rings. The predicted octanol–water partition coefficient (Wildman–Crippen LogP) is 2.22. The van der Waals surface area contributed by atoms with E-state index in [-0.39, 0.29) is 23.9 Å². The topological polar surface area (TPSA) is 49.4 Å². The molecule has 1 N–H and O–H groups in total. The van der Waals surface area contributed by atoms with Crippen LogP contribution in [0.2, 0.25) is 0 Å². The summed E-state index contributed by atoms with van der Waals surface area (Å²) >= 11 is 0. The zero-order valence-corrected chi connectivity index (χ0v) is 12.2. The summed E-state index contributed by atoms with van der Waals surface area (Å²) < 4.78 is 0. The predicted molar refractivity (Wildman–Crippen MR) is 74.6 cm³/mol. The summed E-state index contributed by atoms with van der Waals surface area (Å²) in [5.41, 5.74) is 0. The number of carbonyl (C=O) groups is 2. The summed E-state index contributed by atoms with van der Waals surface area (Å²) in [6.07, 6.45) is 8.36. The summed E-state index contributed by atoms with van der Waals surface area (Å²) in [4.78, 5) is 26.0. The molecule has 1 atom stereocenters. The van der Waals surface area contributed by atoms with E-state index in [1.54, 1.807) is 4.90 Å². The first-order valence-corrected chi connectivity index (χ1v) is 7.71. The monoisotopic (exact) mass is 266 g/mol. The summed E-state index contributed by atoms with van der Waals surface area (Å²) in [5, 5.41) is 3.17. The van der Waals surface area contributed by atoms with E-state index in [4.69, 9.17) is 0 Å². The van der Waals surface area contributed by atoms with Crippen LogP contribution in [0.5, 0.6) is 0 Å². The Hall–Kier alpha value is -1.06. The van der Waals surface area contributed by atoms with Crippen molar-refractivity contribution in [3.8, 4) is 0 Å². The van der Waals surface area contributed by atoms with Crippen LogP contribution in [-0.2, 0) is 9.59 Å². The van der Waals surface area contributed by atoms with Crippen LogP contribution in [0.3, 0.4) is 0 Å². The first-order valence-electron chi connectivity index (χ1n) is 7.71. The number of amides is 2. The van der Waals surface area contributed by atoms with Crippen molar-refractivity contribution in [3.05, 3.63) is 0 Å². The highest BCUT2D eigenvalue weighted by atomic mass is 16.2. The molecule has 1 saturated carbocycles. The van der Waals surface area contributed by atoms with Crippen molar-refractivity contribution in [2.75, 3.05) is 0 Å². The molecule has 0 radical (unpaired) electrons. The van der Waals surface area contributed by atoms with Crippen LogP contribution >= 0.6 is 0 Å². The zero-order valence-electron chi connectivity index (χ0n) is 12.2. The van der Waals surface area contributed by atoms with Crippen LogP contribution in [0.4, 0.5) is 0 Å². The second-order valence-corrected chi connectivity index (χ2v) is 6.15. The van der Waals surface area contributed by atoms with Gasteiger partial charge in [-0.05, 0) is 33.1 Å². The van der Waals surface area contributed by atoms with Crippen LogP contribution in [-0.4, -0.2) is 34.8 Å². The molecule has 19 heavy (non-hydrogen) atoms. The Bertz CT molecular complexity index is 333. The number of rotatable bonds is 3. The number of hydrogen-bond acceptors (Lipinski definition) is 2. The molecule has 108 valence electrons. The van der Waals surface area contributed by atoms with Gasteiger partial charge in [-0.2, -0.15) is 0 Å². The highest BCUT2D eigenvalue weighted by Gasteiger charge is 2.37. The minimum absolute atomic E-state index is 0.0615. The molecule has 1 aliphatic heterocycles. The molecule has 2 rings (SSSR count). The lowest BCUT2D eigenvalue weighted by atomic mass is 10.1. The maximum Gasteiger partial charge on any atom is 0.243 e. The minimum Gasteiger partial charge on any atom is -0.352 e. The number of nitrogens with one attached hydrogen (secondary N) is 1. The van der Waals surface area contributed by atoms with Crippen molar-refractivity contribution in [3.63, 3.8) is 0 Å². The normalized spacial score (nSPS) is 25.7. The highest BCUT2D eigenvalue weighted by Crippen LogP contribution is 2.23. The first kappa shape index (κ1) is 14.4. The van der Waals surface area contributed by atoms with Crippen molar-refractivity contribution >= 4 is 11.8 Å². The Morgan fingerprint density at radius 1 is 1.16 bits per heavy atom. The summed E-state index contributed by atoms with van der Waals surface area (Å²) in [5.74, 6) is 0.183. The Morgan fingerprint density at radius 2 is 1.79 bits per heavy atom. The van der Waals surface area contributed by atoms with Gasteiger partial charge in [-0.25, -0.2) is 0 Å². The van der Waals surface area contributed by atoms with E-state index >= 15 is 0 Å². The molecule has 1 aliphatic carbocycles. The minimum atomic E-state index is -0.240. The number of nitrogens with zero attached hydrogens (tertiary/aromatic N) is 1. The Kier molecular flexibility index (Phi) is 4.83. The second kappa shape index (κ2) is 6.40. The van der Waals surface area contributed by atoms with Gasteiger partial charge in [-0.1, -0.05) is 25.7 Å².